The molecule has 3 aliphatic rings. The maximum atomic E-state index is 6.03. The highest BCUT2D eigenvalue weighted by Crippen LogP contribution is 2.63. The quantitative estimate of drug-likeness (QED) is 0.590. The normalized spacial score (nSPS) is 30.3. The molecule has 1 atom stereocenters. The van der Waals surface area contributed by atoms with E-state index in [2.05, 4.69) is 53.7 Å². The number of ether oxygens (including phenoxy) is 1. The molecule has 0 radical (unpaired) electrons. The number of hydrogen-bond acceptors (Lipinski definition) is 1. The maximum absolute atomic E-state index is 6.03. The third-order valence-electron chi connectivity index (χ3n) is 5.04. The van der Waals surface area contributed by atoms with E-state index in [0.717, 1.165) is 11.5 Å². The molecule has 1 spiro atoms. The number of rotatable bonds is 0. The van der Waals surface area contributed by atoms with Gasteiger partial charge in [-0.25, -0.2) is 0 Å². The zero-order valence-electron chi connectivity index (χ0n) is 12.1. The molecule has 18 heavy (non-hydrogen) atoms. The van der Waals surface area contributed by atoms with Crippen LogP contribution in [-0.2, 0) is 4.74 Å². The van der Waals surface area contributed by atoms with Crippen LogP contribution in [0.15, 0.2) is 57.1 Å². The summed E-state index contributed by atoms with van der Waals surface area (Å²) in [7, 11) is 0. The molecule has 1 heteroatoms. The van der Waals surface area contributed by atoms with Gasteiger partial charge in [0, 0.05) is 0 Å². The van der Waals surface area contributed by atoms with Gasteiger partial charge in [-0.15, -0.1) is 0 Å². The summed E-state index contributed by atoms with van der Waals surface area (Å²) in [5.74, 6) is 2.15. The highest BCUT2D eigenvalue weighted by Gasteiger charge is 2.53. The van der Waals surface area contributed by atoms with Crippen LogP contribution in [0.1, 0.15) is 41.5 Å². The Hall–Kier alpha value is -1.50. The molecule has 1 aliphatic heterocycles. The molecular formula is C17H20O. The van der Waals surface area contributed by atoms with Crippen LogP contribution in [-0.4, -0.2) is 0 Å². The van der Waals surface area contributed by atoms with Crippen molar-refractivity contribution in [3.05, 3.63) is 57.1 Å². The lowest BCUT2D eigenvalue weighted by Gasteiger charge is -2.34. The van der Waals surface area contributed by atoms with Gasteiger partial charge in [0.2, 0.25) is 0 Å². The first-order chi connectivity index (χ1) is 8.42. The van der Waals surface area contributed by atoms with E-state index in [4.69, 9.17) is 4.74 Å². The molecule has 1 unspecified atom stereocenters. The van der Waals surface area contributed by atoms with Crippen molar-refractivity contribution in [1.82, 2.24) is 0 Å². The summed E-state index contributed by atoms with van der Waals surface area (Å²) in [5.41, 5.74) is 8.35. The molecule has 1 heterocycles. The third-order valence-corrected chi connectivity index (χ3v) is 5.04. The zero-order chi connectivity index (χ0) is 13.2. The van der Waals surface area contributed by atoms with Crippen molar-refractivity contribution in [3.63, 3.8) is 0 Å². The van der Waals surface area contributed by atoms with Gasteiger partial charge in [0.05, 0.1) is 5.41 Å². The zero-order valence-corrected chi connectivity index (χ0v) is 12.1. The van der Waals surface area contributed by atoms with E-state index in [1.165, 1.54) is 33.4 Å². The van der Waals surface area contributed by atoms with E-state index in [-0.39, 0.29) is 5.41 Å². The van der Waals surface area contributed by atoms with Crippen LogP contribution in [0.25, 0.3) is 0 Å². The van der Waals surface area contributed by atoms with Crippen LogP contribution >= 0.6 is 0 Å². The van der Waals surface area contributed by atoms with Crippen LogP contribution in [0.5, 0.6) is 0 Å². The fourth-order valence-electron chi connectivity index (χ4n) is 3.80. The first-order valence-electron chi connectivity index (χ1n) is 6.57. The summed E-state index contributed by atoms with van der Waals surface area (Å²) in [6, 6.07) is 0. The molecule has 0 aromatic carbocycles. The smallest absolute Gasteiger partial charge is 0.122 e. The van der Waals surface area contributed by atoms with E-state index >= 15 is 0 Å². The monoisotopic (exact) mass is 240 g/mol. The third kappa shape index (κ3) is 0.996. The van der Waals surface area contributed by atoms with E-state index in [9.17, 15) is 0 Å². The molecule has 0 aromatic rings. The van der Waals surface area contributed by atoms with Gasteiger partial charge in [0.1, 0.15) is 11.5 Å². The van der Waals surface area contributed by atoms with Gasteiger partial charge in [0.25, 0.3) is 0 Å². The molecule has 3 rings (SSSR count). The standard InChI is InChI=1S/C17H20O/c1-9-7-8-15-17(13(5)14(6)18-15)12(4)10(2)11(3)16(9)17/h7-8H,1-6H3. The maximum Gasteiger partial charge on any atom is 0.122 e. The van der Waals surface area contributed by atoms with Crippen molar-refractivity contribution in [1.29, 1.82) is 0 Å². The second-order valence-electron chi connectivity index (χ2n) is 5.66. The molecule has 1 nitrogen and oxygen atoms in total. The highest BCUT2D eigenvalue weighted by molar-refractivity contribution is 5.70. The average molecular weight is 240 g/mol. The molecule has 0 N–H and O–H groups in total. The van der Waals surface area contributed by atoms with Gasteiger partial charge < -0.3 is 4.74 Å². The van der Waals surface area contributed by atoms with Crippen LogP contribution in [0.3, 0.4) is 0 Å². The van der Waals surface area contributed by atoms with Gasteiger partial charge >= 0.3 is 0 Å². The van der Waals surface area contributed by atoms with Crippen molar-refractivity contribution in [2.75, 3.05) is 0 Å². The summed E-state index contributed by atoms with van der Waals surface area (Å²) in [6.45, 7) is 13.2. The minimum atomic E-state index is -0.0862. The van der Waals surface area contributed by atoms with Gasteiger partial charge in [-0.2, -0.15) is 0 Å². The Morgan fingerprint density at radius 3 is 2.17 bits per heavy atom. The lowest BCUT2D eigenvalue weighted by Crippen LogP contribution is -2.27. The summed E-state index contributed by atoms with van der Waals surface area (Å²) in [5, 5.41) is 0. The second kappa shape index (κ2) is 3.28. The number of allylic oxidation sites excluding steroid dienone is 7. The van der Waals surface area contributed by atoms with Crippen LogP contribution in [0.2, 0.25) is 0 Å². The predicted octanol–water partition coefficient (Wildman–Crippen LogP) is 4.81. The van der Waals surface area contributed by atoms with Crippen molar-refractivity contribution in [3.8, 4) is 0 Å². The minimum absolute atomic E-state index is 0.0862. The molecule has 0 bridgehead atoms. The molecule has 0 aromatic heterocycles. The first kappa shape index (κ1) is 11.6. The Morgan fingerprint density at radius 2 is 1.50 bits per heavy atom. The van der Waals surface area contributed by atoms with Gasteiger partial charge in [0.15, 0.2) is 0 Å². The SMILES string of the molecule is CC1=CC=C2OC(C)=C(C)C23C(C)=C(C)C(C)=C13. The lowest BCUT2D eigenvalue weighted by atomic mass is 9.66. The van der Waals surface area contributed by atoms with E-state index in [1.54, 1.807) is 0 Å². The predicted molar refractivity (Wildman–Crippen MR) is 74.8 cm³/mol. The van der Waals surface area contributed by atoms with E-state index < -0.39 is 0 Å². The molecule has 0 amide bonds. The summed E-state index contributed by atoms with van der Waals surface area (Å²) in [4.78, 5) is 0. The van der Waals surface area contributed by atoms with Crippen molar-refractivity contribution in [2.24, 2.45) is 5.41 Å². The molecular weight excluding hydrogens is 220 g/mol. The van der Waals surface area contributed by atoms with Crippen LogP contribution in [0.4, 0.5) is 0 Å². The summed E-state index contributed by atoms with van der Waals surface area (Å²) in [6.07, 6.45) is 4.33. The van der Waals surface area contributed by atoms with Crippen molar-refractivity contribution < 1.29 is 4.74 Å². The molecule has 0 saturated carbocycles. The second-order valence-corrected chi connectivity index (χ2v) is 5.66. The first-order valence-corrected chi connectivity index (χ1v) is 6.57. The van der Waals surface area contributed by atoms with Gasteiger partial charge in [-0.1, -0.05) is 6.08 Å². The van der Waals surface area contributed by atoms with Crippen LogP contribution in [0, 0.1) is 5.41 Å². The van der Waals surface area contributed by atoms with Gasteiger partial charge in [-0.3, -0.25) is 0 Å². The molecule has 0 fully saturated rings. The molecule has 0 saturated heterocycles. The Bertz CT molecular complexity index is 620. The fourth-order valence-corrected chi connectivity index (χ4v) is 3.80. The Labute approximate surface area is 109 Å². The fraction of sp³-hybridized carbons (Fsp3) is 0.412. The Balaban J connectivity index is 2.43. The van der Waals surface area contributed by atoms with E-state index in [0.29, 0.717) is 0 Å². The summed E-state index contributed by atoms with van der Waals surface area (Å²) < 4.78 is 6.03. The average Bonchev–Trinajstić information content (AvgIpc) is 2.71. The topological polar surface area (TPSA) is 9.23 Å². The molecule has 94 valence electrons. The Morgan fingerprint density at radius 1 is 0.833 bits per heavy atom. The van der Waals surface area contributed by atoms with Crippen molar-refractivity contribution in [2.45, 2.75) is 41.5 Å². The Kier molecular flexibility index (Phi) is 2.11. The number of hydrogen-bond donors (Lipinski definition) is 0. The van der Waals surface area contributed by atoms with Crippen molar-refractivity contribution >= 4 is 0 Å². The van der Waals surface area contributed by atoms with E-state index in [1.807, 2.05) is 0 Å². The lowest BCUT2D eigenvalue weighted by molar-refractivity contribution is 0.292. The van der Waals surface area contributed by atoms with Crippen LogP contribution < -0.4 is 0 Å². The molecule has 2 aliphatic carbocycles. The van der Waals surface area contributed by atoms with Gasteiger partial charge in [-0.05, 0) is 81.1 Å². The highest BCUT2D eigenvalue weighted by atomic mass is 16.5. The summed E-state index contributed by atoms with van der Waals surface area (Å²) >= 11 is 0. The minimum Gasteiger partial charge on any atom is -0.465 e. The largest absolute Gasteiger partial charge is 0.465 e.